The molecule has 0 aromatic carbocycles. The molecule has 0 aromatic rings. The minimum atomic E-state index is -2.65. The highest BCUT2D eigenvalue weighted by Crippen LogP contribution is 1.90. The van der Waals surface area contributed by atoms with Crippen LogP contribution < -0.4 is 11.2 Å². The van der Waals surface area contributed by atoms with Crippen LogP contribution in [-0.2, 0) is 0 Å². The van der Waals surface area contributed by atoms with E-state index in [0.717, 1.165) is 0 Å². The van der Waals surface area contributed by atoms with Crippen molar-refractivity contribution in [1.82, 2.24) is 5.43 Å². The SMILES string of the molecule is NC(=NCC(F)F)N[N+](=O)[O-]. The zero-order chi connectivity index (χ0) is 8.85. The van der Waals surface area contributed by atoms with E-state index in [-0.39, 0.29) is 0 Å². The lowest BCUT2D eigenvalue weighted by atomic mass is 10.7. The van der Waals surface area contributed by atoms with Gasteiger partial charge < -0.3 is 5.73 Å². The fourth-order valence-electron chi connectivity index (χ4n) is 0.296. The molecule has 0 amide bonds. The molecule has 0 saturated heterocycles. The van der Waals surface area contributed by atoms with E-state index >= 15 is 0 Å². The number of hydrogen-bond donors (Lipinski definition) is 2. The van der Waals surface area contributed by atoms with E-state index in [2.05, 4.69) is 4.99 Å². The molecule has 0 atom stereocenters. The number of nitrogens with two attached hydrogens (primary N) is 1. The van der Waals surface area contributed by atoms with Crippen molar-refractivity contribution in [2.24, 2.45) is 10.7 Å². The molecule has 0 aliphatic carbocycles. The van der Waals surface area contributed by atoms with Gasteiger partial charge in [0.15, 0.2) is 5.03 Å². The highest BCUT2D eigenvalue weighted by Gasteiger charge is 2.02. The van der Waals surface area contributed by atoms with Gasteiger partial charge >= 0.3 is 0 Å². The van der Waals surface area contributed by atoms with Crippen molar-refractivity contribution in [3.8, 4) is 0 Å². The predicted octanol–water partition coefficient (Wildman–Crippen LogP) is -0.653. The molecule has 0 aromatic heterocycles. The van der Waals surface area contributed by atoms with E-state index in [4.69, 9.17) is 5.73 Å². The third-order valence-corrected chi connectivity index (χ3v) is 0.605. The Kier molecular flexibility index (Phi) is 3.78. The first-order valence-electron chi connectivity index (χ1n) is 2.51. The highest BCUT2D eigenvalue weighted by molar-refractivity contribution is 5.76. The Morgan fingerprint density at radius 1 is 1.82 bits per heavy atom. The summed E-state index contributed by atoms with van der Waals surface area (Å²) in [4.78, 5) is 12.6. The maximum Gasteiger partial charge on any atom is 0.257 e. The van der Waals surface area contributed by atoms with Crippen LogP contribution in [0.25, 0.3) is 0 Å². The molecule has 6 nitrogen and oxygen atoms in total. The molecule has 0 rings (SSSR count). The van der Waals surface area contributed by atoms with Crippen molar-refractivity contribution in [3.63, 3.8) is 0 Å². The Balaban J connectivity index is 3.72. The standard InChI is InChI=1S/C3H6F2N4O2/c4-2(5)1-7-3(6)8-9(10)11/h2H,1H2,(H3,6,7,8). The van der Waals surface area contributed by atoms with Crippen LogP contribution in [0.4, 0.5) is 8.78 Å². The van der Waals surface area contributed by atoms with Gasteiger partial charge in [0.05, 0.1) is 0 Å². The van der Waals surface area contributed by atoms with E-state index in [1.165, 1.54) is 5.43 Å². The molecule has 3 N–H and O–H groups in total. The van der Waals surface area contributed by atoms with Crippen LogP contribution in [0.15, 0.2) is 4.99 Å². The second kappa shape index (κ2) is 4.36. The van der Waals surface area contributed by atoms with E-state index in [0.29, 0.717) is 0 Å². The normalized spacial score (nSPS) is 11.7. The van der Waals surface area contributed by atoms with E-state index in [1.807, 2.05) is 0 Å². The summed E-state index contributed by atoms with van der Waals surface area (Å²) in [5, 5.41) is 8.62. The molecule has 64 valence electrons. The fraction of sp³-hybridized carbons (Fsp3) is 0.667. The summed E-state index contributed by atoms with van der Waals surface area (Å²) < 4.78 is 22.7. The van der Waals surface area contributed by atoms with Gasteiger partial charge in [-0.2, -0.15) is 0 Å². The van der Waals surface area contributed by atoms with Gasteiger partial charge in [0, 0.05) is 0 Å². The number of hydrazine groups is 1. The number of rotatable bonds is 3. The molecule has 0 heterocycles. The Hall–Kier alpha value is -1.47. The smallest absolute Gasteiger partial charge is 0.257 e. The van der Waals surface area contributed by atoms with E-state index in [1.54, 1.807) is 0 Å². The summed E-state index contributed by atoms with van der Waals surface area (Å²) in [5.74, 6) is -0.629. The van der Waals surface area contributed by atoms with Crippen molar-refractivity contribution in [2.75, 3.05) is 6.54 Å². The van der Waals surface area contributed by atoms with Gasteiger partial charge in [0.1, 0.15) is 6.54 Å². The molecule has 0 spiro atoms. The molecule has 0 bridgehead atoms. The average Bonchev–Trinajstić information content (AvgIpc) is 1.82. The zero-order valence-corrected chi connectivity index (χ0v) is 5.33. The monoisotopic (exact) mass is 168 g/mol. The lowest BCUT2D eigenvalue weighted by Crippen LogP contribution is -2.36. The number of aliphatic imine (C=N–C) groups is 1. The molecule has 8 heteroatoms. The van der Waals surface area contributed by atoms with E-state index in [9.17, 15) is 18.9 Å². The van der Waals surface area contributed by atoms with Crippen LogP contribution in [0, 0.1) is 10.1 Å². The van der Waals surface area contributed by atoms with E-state index < -0.39 is 24.0 Å². The number of nitrogens with zero attached hydrogens (tertiary/aromatic N) is 2. The van der Waals surface area contributed by atoms with Crippen LogP contribution in [0.3, 0.4) is 0 Å². The number of hydrogen-bond acceptors (Lipinski definition) is 3. The topological polar surface area (TPSA) is 93.5 Å². The summed E-state index contributed by atoms with van der Waals surface area (Å²) in [6.45, 7) is -0.841. The molecule has 0 aliphatic rings. The number of nitrogens with one attached hydrogen (secondary N) is 1. The molecule has 11 heavy (non-hydrogen) atoms. The first-order chi connectivity index (χ1) is 5.02. The number of halogens is 2. The first kappa shape index (κ1) is 9.53. The van der Waals surface area contributed by atoms with Gasteiger partial charge in [-0.15, -0.1) is 0 Å². The lowest BCUT2D eigenvalue weighted by molar-refractivity contribution is -0.525. The predicted molar refractivity (Wildman–Crippen MR) is 32.6 cm³/mol. The number of guanidine groups is 1. The molecule has 0 unspecified atom stereocenters. The van der Waals surface area contributed by atoms with Crippen LogP contribution in [0.2, 0.25) is 0 Å². The van der Waals surface area contributed by atoms with Gasteiger partial charge in [-0.25, -0.2) is 23.9 Å². The molecule has 0 fully saturated rings. The van der Waals surface area contributed by atoms with Crippen LogP contribution in [0.1, 0.15) is 0 Å². The average molecular weight is 168 g/mol. The molecule has 0 saturated carbocycles. The quantitative estimate of drug-likeness (QED) is 0.253. The molecular formula is C3H6F2N4O2. The minimum Gasteiger partial charge on any atom is -0.365 e. The van der Waals surface area contributed by atoms with Crippen molar-refractivity contribution in [3.05, 3.63) is 10.1 Å². The van der Waals surface area contributed by atoms with Crippen LogP contribution in [-0.4, -0.2) is 24.0 Å². The Morgan fingerprint density at radius 3 is 2.73 bits per heavy atom. The summed E-state index contributed by atoms with van der Waals surface area (Å²) in [7, 11) is 0. The van der Waals surface area contributed by atoms with Gasteiger partial charge in [0.25, 0.3) is 12.4 Å². The Bertz CT molecular complexity index is 171. The lowest BCUT2D eigenvalue weighted by Gasteiger charge is -1.95. The summed E-state index contributed by atoms with van der Waals surface area (Å²) >= 11 is 0. The third kappa shape index (κ3) is 6.41. The fourth-order valence-corrected chi connectivity index (χ4v) is 0.296. The number of alkyl halides is 2. The maximum atomic E-state index is 11.4. The van der Waals surface area contributed by atoms with Crippen molar-refractivity contribution >= 4 is 5.96 Å². The second-order valence-electron chi connectivity index (χ2n) is 1.49. The first-order valence-corrected chi connectivity index (χ1v) is 2.51. The van der Waals surface area contributed by atoms with Crippen molar-refractivity contribution in [2.45, 2.75) is 6.43 Å². The van der Waals surface area contributed by atoms with Crippen molar-refractivity contribution in [1.29, 1.82) is 0 Å². The molecule has 0 radical (unpaired) electrons. The Labute approximate surface area is 60.2 Å². The van der Waals surface area contributed by atoms with Gasteiger partial charge in [-0.3, -0.25) is 0 Å². The van der Waals surface area contributed by atoms with Crippen LogP contribution >= 0.6 is 0 Å². The molecule has 0 aliphatic heterocycles. The second-order valence-corrected chi connectivity index (χ2v) is 1.49. The van der Waals surface area contributed by atoms with Gasteiger partial charge in [0.2, 0.25) is 0 Å². The van der Waals surface area contributed by atoms with Crippen LogP contribution in [0.5, 0.6) is 0 Å². The van der Waals surface area contributed by atoms with Gasteiger partial charge in [-0.1, -0.05) is 5.43 Å². The summed E-state index contributed by atoms with van der Waals surface area (Å²) in [5.41, 5.74) is 6.20. The number of nitro groups is 1. The highest BCUT2D eigenvalue weighted by atomic mass is 19.3. The summed E-state index contributed by atoms with van der Waals surface area (Å²) in [6.07, 6.45) is -2.65. The Morgan fingerprint density at radius 2 is 2.36 bits per heavy atom. The van der Waals surface area contributed by atoms with Gasteiger partial charge in [-0.05, 0) is 0 Å². The zero-order valence-electron chi connectivity index (χ0n) is 5.33. The van der Waals surface area contributed by atoms with Crippen molar-refractivity contribution < 1.29 is 13.8 Å². The minimum absolute atomic E-state index is 0.629. The maximum absolute atomic E-state index is 11.4. The molecular weight excluding hydrogens is 162 g/mol. The third-order valence-electron chi connectivity index (χ3n) is 0.605. The summed E-state index contributed by atoms with van der Waals surface area (Å²) in [6, 6.07) is 0. The largest absolute Gasteiger partial charge is 0.365 e.